The Labute approximate surface area is 178 Å². The van der Waals surface area contributed by atoms with Crippen molar-refractivity contribution in [2.24, 2.45) is 5.92 Å². The minimum atomic E-state index is -0.663. The van der Waals surface area contributed by atoms with E-state index in [0.29, 0.717) is 31.2 Å². The SMILES string of the molecule is COc1ccccc1OCCNC1NCC2C(=O)N(c3ccccc3F)C(=O)NC2N1. The fourth-order valence-electron chi connectivity index (χ4n) is 3.65. The summed E-state index contributed by atoms with van der Waals surface area (Å²) < 4.78 is 25.1. The third-order valence-electron chi connectivity index (χ3n) is 5.18. The lowest BCUT2D eigenvalue weighted by molar-refractivity contribution is -0.124. The fourth-order valence-corrected chi connectivity index (χ4v) is 3.65. The van der Waals surface area contributed by atoms with Gasteiger partial charge in [-0.15, -0.1) is 0 Å². The number of amides is 3. The molecule has 3 unspecified atom stereocenters. The Hall–Kier alpha value is -3.21. The summed E-state index contributed by atoms with van der Waals surface area (Å²) in [6.07, 6.45) is -0.910. The molecule has 10 heteroatoms. The Kier molecular flexibility index (Phi) is 6.31. The first-order valence-electron chi connectivity index (χ1n) is 9.96. The summed E-state index contributed by atoms with van der Waals surface area (Å²) in [6, 6.07) is 12.4. The molecule has 3 amide bonds. The standard InChI is InChI=1S/C21H24FN5O4/c1-30-16-8-4-5-9-17(16)31-11-10-23-20-24-12-13-18(25-20)26-21(29)27(19(13)28)15-7-3-2-6-14(15)22/h2-9,13,18,20,23-25H,10-12H2,1H3,(H,26,29). The van der Waals surface area contributed by atoms with Crippen LogP contribution in [0.1, 0.15) is 0 Å². The van der Waals surface area contributed by atoms with Crippen molar-refractivity contribution in [3.63, 3.8) is 0 Å². The molecule has 0 spiro atoms. The zero-order valence-corrected chi connectivity index (χ0v) is 16.9. The smallest absolute Gasteiger partial charge is 0.330 e. The first-order chi connectivity index (χ1) is 15.1. The molecule has 0 aliphatic carbocycles. The number of nitrogens with one attached hydrogen (secondary N) is 4. The Morgan fingerprint density at radius 1 is 1.13 bits per heavy atom. The van der Waals surface area contributed by atoms with Crippen molar-refractivity contribution < 1.29 is 23.5 Å². The monoisotopic (exact) mass is 429 g/mol. The highest BCUT2D eigenvalue weighted by Crippen LogP contribution is 2.26. The van der Waals surface area contributed by atoms with Crippen LogP contribution in [0.15, 0.2) is 48.5 Å². The lowest BCUT2D eigenvalue weighted by atomic mass is 9.99. The average molecular weight is 429 g/mol. The van der Waals surface area contributed by atoms with Crippen LogP contribution in [0.5, 0.6) is 11.5 Å². The van der Waals surface area contributed by atoms with Crippen LogP contribution in [0.3, 0.4) is 0 Å². The van der Waals surface area contributed by atoms with Crippen molar-refractivity contribution in [2.75, 3.05) is 31.7 Å². The quantitative estimate of drug-likeness (QED) is 0.487. The van der Waals surface area contributed by atoms with E-state index in [1.807, 2.05) is 24.3 Å². The summed E-state index contributed by atoms with van der Waals surface area (Å²) >= 11 is 0. The Morgan fingerprint density at radius 3 is 2.65 bits per heavy atom. The summed E-state index contributed by atoms with van der Waals surface area (Å²) in [6.45, 7) is 1.21. The van der Waals surface area contributed by atoms with Gasteiger partial charge in [0.2, 0.25) is 5.91 Å². The number of nitrogens with zero attached hydrogens (tertiary/aromatic N) is 1. The van der Waals surface area contributed by atoms with Gasteiger partial charge in [-0.05, 0) is 24.3 Å². The molecule has 2 heterocycles. The molecule has 0 bridgehead atoms. The number of carbonyl (C=O) groups excluding carboxylic acids is 2. The molecule has 0 radical (unpaired) electrons. The number of ether oxygens (including phenoxy) is 2. The van der Waals surface area contributed by atoms with E-state index in [4.69, 9.17) is 9.47 Å². The van der Waals surface area contributed by atoms with E-state index >= 15 is 0 Å². The predicted octanol–water partition coefficient (Wildman–Crippen LogP) is 0.978. The molecule has 4 N–H and O–H groups in total. The van der Waals surface area contributed by atoms with Gasteiger partial charge in [-0.25, -0.2) is 14.1 Å². The molecule has 2 aliphatic heterocycles. The van der Waals surface area contributed by atoms with Crippen LogP contribution in [-0.2, 0) is 4.79 Å². The Bertz CT molecular complexity index is 959. The van der Waals surface area contributed by atoms with Crippen molar-refractivity contribution in [2.45, 2.75) is 12.5 Å². The summed E-state index contributed by atoms with van der Waals surface area (Å²) in [4.78, 5) is 26.2. The highest BCUT2D eigenvalue weighted by molar-refractivity contribution is 6.17. The van der Waals surface area contributed by atoms with E-state index in [-0.39, 0.29) is 12.0 Å². The molecule has 2 fully saturated rings. The van der Waals surface area contributed by atoms with Crippen LogP contribution in [0, 0.1) is 11.7 Å². The molecule has 164 valence electrons. The van der Waals surface area contributed by atoms with Gasteiger partial charge in [0.25, 0.3) is 0 Å². The maximum Gasteiger partial charge on any atom is 0.330 e. The number of hydrogen-bond acceptors (Lipinski definition) is 7. The summed E-state index contributed by atoms with van der Waals surface area (Å²) in [7, 11) is 1.58. The van der Waals surface area contributed by atoms with E-state index < -0.39 is 29.8 Å². The molecular formula is C21H24FN5O4. The zero-order chi connectivity index (χ0) is 21.8. The fraction of sp³-hybridized carbons (Fsp3) is 0.333. The first-order valence-corrected chi connectivity index (χ1v) is 9.96. The number of rotatable bonds is 7. The van der Waals surface area contributed by atoms with E-state index in [1.54, 1.807) is 13.2 Å². The number of benzene rings is 2. The average Bonchev–Trinajstić information content (AvgIpc) is 2.78. The first kappa shape index (κ1) is 21.0. The molecule has 2 saturated heterocycles. The van der Waals surface area contributed by atoms with Crippen LogP contribution in [0.4, 0.5) is 14.9 Å². The van der Waals surface area contributed by atoms with E-state index in [2.05, 4.69) is 21.3 Å². The molecule has 0 aromatic heterocycles. The van der Waals surface area contributed by atoms with Crippen molar-refractivity contribution in [3.8, 4) is 11.5 Å². The second kappa shape index (κ2) is 9.29. The minimum absolute atomic E-state index is 0.0582. The molecule has 4 rings (SSSR count). The minimum Gasteiger partial charge on any atom is -0.493 e. The van der Waals surface area contributed by atoms with Crippen LogP contribution < -0.4 is 35.6 Å². The zero-order valence-electron chi connectivity index (χ0n) is 16.9. The number of methoxy groups -OCH3 is 1. The third-order valence-corrected chi connectivity index (χ3v) is 5.18. The molecule has 2 aliphatic rings. The van der Waals surface area contributed by atoms with Crippen LogP contribution in [0.2, 0.25) is 0 Å². The molecule has 2 aromatic rings. The van der Waals surface area contributed by atoms with Crippen molar-refractivity contribution in [3.05, 3.63) is 54.3 Å². The predicted molar refractivity (Wildman–Crippen MR) is 111 cm³/mol. The highest BCUT2D eigenvalue weighted by atomic mass is 19.1. The molecule has 2 aromatic carbocycles. The van der Waals surface area contributed by atoms with Gasteiger partial charge in [-0.1, -0.05) is 24.3 Å². The third kappa shape index (κ3) is 4.46. The van der Waals surface area contributed by atoms with E-state index in [1.165, 1.54) is 18.2 Å². The Balaban J connectivity index is 1.30. The highest BCUT2D eigenvalue weighted by Gasteiger charge is 2.45. The molecule has 31 heavy (non-hydrogen) atoms. The summed E-state index contributed by atoms with van der Waals surface area (Å²) in [5.41, 5.74) is -0.0582. The van der Waals surface area contributed by atoms with Gasteiger partial charge in [0.1, 0.15) is 18.7 Å². The second-order valence-corrected chi connectivity index (χ2v) is 7.12. The maximum atomic E-state index is 14.1. The van der Waals surface area contributed by atoms with Crippen LogP contribution in [-0.4, -0.2) is 51.2 Å². The van der Waals surface area contributed by atoms with Gasteiger partial charge in [0.05, 0.1) is 24.9 Å². The number of fused-ring (bicyclic) bond motifs is 1. The number of imide groups is 1. The van der Waals surface area contributed by atoms with Crippen molar-refractivity contribution in [1.29, 1.82) is 0 Å². The molecule has 0 saturated carbocycles. The van der Waals surface area contributed by atoms with Crippen molar-refractivity contribution >= 4 is 17.6 Å². The van der Waals surface area contributed by atoms with Gasteiger partial charge in [-0.2, -0.15) is 0 Å². The van der Waals surface area contributed by atoms with Gasteiger partial charge >= 0.3 is 6.03 Å². The maximum absolute atomic E-state index is 14.1. The number of carbonyl (C=O) groups is 2. The Morgan fingerprint density at radius 2 is 1.87 bits per heavy atom. The van der Waals surface area contributed by atoms with Gasteiger partial charge < -0.3 is 14.8 Å². The van der Waals surface area contributed by atoms with Gasteiger partial charge in [-0.3, -0.25) is 20.7 Å². The molecule has 3 atom stereocenters. The molecular weight excluding hydrogens is 405 g/mol. The van der Waals surface area contributed by atoms with Crippen LogP contribution >= 0.6 is 0 Å². The van der Waals surface area contributed by atoms with Gasteiger partial charge in [0.15, 0.2) is 11.5 Å². The number of hydrogen-bond donors (Lipinski definition) is 4. The normalized spacial score (nSPS) is 23.2. The summed E-state index contributed by atoms with van der Waals surface area (Å²) in [5, 5.41) is 12.3. The van der Waals surface area contributed by atoms with Crippen molar-refractivity contribution in [1.82, 2.24) is 21.3 Å². The van der Waals surface area contributed by atoms with Crippen LogP contribution in [0.25, 0.3) is 0 Å². The lowest BCUT2D eigenvalue weighted by Gasteiger charge is -2.43. The van der Waals surface area contributed by atoms with Gasteiger partial charge in [0, 0.05) is 13.1 Å². The second-order valence-electron chi connectivity index (χ2n) is 7.12. The van der Waals surface area contributed by atoms with E-state index in [0.717, 1.165) is 4.90 Å². The van der Waals surface area contributed by atoms with E-state index in [9.17, 15) is 14.0 Å². The lowest BCUT2D eigenvalue weighted by Crippen LogP contribution is -2.75. The largest absolute Gasteiger partial charge is 0.493 e. The molecule has 9 nitrogen and oxygen atoms in total. The summed E-state index contributed by atoms with van der Waals surface area (Å²) in [5.74, 6) is -0.357. The number of anilines is 1. The number of halogens is 1. The number of para-hydroxylation sites is 3. The number of urea groups is 1. The topological polar surface area (TPSA) is 104 Å².